The molecule has 13 nitrogen and oxygen atoms in total. The molecule has 0 fully saturated rings. The van der Waals surface area contributed by atoms with E-state index in [2.05, 4.69) is 51.9 Å². The van der Waals surface area contributed by atoms with E-state index >= 15 is 0 Å². The number of amides is 1. The lowest BCUT2D eigenvalue weighted by Crippen LogP contribution is -2.21. The van der Waals surface area contributed by atoms with Crippen molar-refractivity contribution in [2.45, 2.75) is 25.3 Å². The molecule has 1 aromatic carbocycles. The Balaban J connectivity index is 1.68. The highest BCUT2D eigenvalue weighted by atomic mass is 79.9. The van der Waals surface area contributed by atoms with Crippen LogP contribution >= 0.6 is 23.5 Å². The Morgan fingerprint density at radius 3 is 2.49 bits per heavy atom. The van der Waals surface area contributed by atoms with Gasteiger partial charge < -0.3 is 30.8 Å². The van der Waals surface area contributed by atoms with Crippen LogP contribution in [0.2, 0.25) is 0 Å². The molecular formula is C25H25BrF3N8O5P. The number of anilines is 4. The molecule has 0 spiro atoms. The molecule has 0 saturated carbocycles. The predicted octanol–water partition coefficient (Wildman–Crippen LogP) is 4.42. The smallest absolute Gasteiger partial charge is 0.396 e. The average molecular weight is 685 g/mol. The van der Waals surface area contributed by atoms with Crippen molar-refractivity contribution in [2.75, 3.05) is 24.3 Å². The lowest BCUT2D eigenvalue weighted by atomic mass is 10.1. The molecule has 0 aliphatic carbocycles. The molecule has 4 rings (SSSR count). The minimum atomic E-state index is -4.85. The fraction of sp³-hybridized carbons (Fsp3) is 0.240. The van der Waals surface area contributed by atoms with Gasteiger partial charge in [0.05, 0.1) is 29.4 Å². The maximum Gasteiger partial charge on any atom is 0.421 e. The summed E-state index contributed by atoms with van der Waals surface area (Å²) in [5.74, 6) is -1.56. The summed E-state index contributed by atoms with van der Waals surface area (Å²) >= 11 is 3.27. The van der Waals surface area contributed by atoms with E-state index in [4.69, 9.17) is 5.11 Å². The number of alkyl halides is 3. The summed E-state index contributed by atoms with van der Waals surface area (Å²) in [5, 5.41) is 21.0. The zero-order chi connectivity index (χ0) is 31.4. The Bertz CT molecular complexity index is 1680. The maximum atomic E-state index is 13.9. The number of aliphatic hydroxyl groups is 1. The monoisotopic (exact) mass is 684 g/mol. The molecule has 3 heterocycles. The quantitative estimate of drug-likeness (QED) is 0.123. The van der Waals surface area contributed by atoms with Crippen molar-refractivity contribution in [2.24, 2.45) is 0 Å². The first kappa shape index (κ1) is 32.0. The molecule has 0 unspecified atom stereocenters. The van der Waals surface area contributed by atoms with E-state index in [1.54, 1.807) is 10.9 Å². The van der Waals surface area contributed by atoms with Crippen LogP contribution in [0, 0.1) is 0 Å². The van der Waals surface area contributed by atoms with Crippen LogP contribution in [0.4, 0.5) is 36.3 Å². The van der Waals surface area contributed by atoms with Crippen LogP contribution in [0.5, 0.6) is 0 Å². The van der Waals surface area contributed by atoms with Crippen molar-refractivity contribution in [1.82, 2.24) is 30.0 Å². The van der Waals surface area contributed by atoms with Gasteiger partial charge in [0.25, 0.3) is 5.91 Å². The average Bonchev–Trinajstić information content (AvgIpc) is 3.41. The summed E-state index contributed by atoms with van der Waals surface area (Å²) in [6.45, 7) is 0.439. The van der Waals surface area contributed by atoms with Gasteiger partial charge in [-0.25, -0.2) is 9.97 Å². The third kappa shape index (κ3) is 8.36. The SMILES string of the molecule is CNC(=O)c1nc(-c2cnn(CCCO)c2)ccc1Nc1nc(Nc2ccc(CP(=O)(O)O)cc2Br)ncc1C(F)(F)F. The number of aryl methyl sites for hydroxylation is 1. The number of halogens is 4. The fourth-order valence-corrected chi connectivity index (χ4v) is 5.05. The zero-order valence-corrected chi connectivity index (χ0v) is 24.8. The fourth-order valence-electron chi connectivity index (χ4n) is 3.85. The van der Waals surface area contributed by atoms with Crippen molar-refractivity contribution in [3.05, 3.63) is 70.2 Å². The first-order chi connectivity index (χ1) is 20.3. The van der Waals surface area contributed by atoms with Crippen molar-refractivity contribution in [3.63, 3.8) is 0 Å². The lowest BCUT2D eigenvalue weighted by molar-refractivity contribution is -0.137. The largest absolute Gasteiger partial charge is 0.421 e. The lowest BCUT2D eigenvalue weighted by Gasteiger charge is -2.17. The number of pyridine rings is 1. The maximum absolute atomic E-state index is 13.9. The van der Waals surface area contributed by atoms with E-state index in [0.717, 1.165) is 0 Å². The van der Waals surface area contributed by atoms with Crippen LogP contribution in [-0.2, 0) is 23.4 Å². The molecule has 228 valence electrons. The standard InChI is InChI=1S/C25H25BrF3N8O5P/c1-30-23(39)21-20(6-5-18(33-21)15-10-32-37(12-15)7-2-8-38)34-22-16(25(27,28)29)11-31-24(36-22)35-19-4-3-14(9-17(19)26)13-43(40,41)42/h3-6,9-12,38H,2,7-8,13H2,1H3,(H,30,39)(H2,40,41,42)(H2,31,34,35,36). The summed E-state index contributed by atoms with van der Waals surface area (Å²) in [6.07, 6.45) is -1.10. The molecule has 18 heteroatoms. The van der Waals surface area contributed by atoms with E-state index in [9.17, 15) is 32.3 Å². The number of hydrogen-bond donors (Lipinski definition) is 6. The Morgan fingerprint density at radius 2 is 1.84 bits per heavy atom. The highest BCUT2D eigenvalue weighted by Crippen LogP contribution is 2.41. The molecule has 0 atom stereocenters. The van der Waals surface area contributed by atoms with Gasteiger partial charge >= 0.3 is 13.8 Å². The highest BCUT2D eigenvalue weighted by Gasteiger charge is 2.36. The molecule has 43 heavy (non-hydrogen) atoms. The van der Waals surface area contributed by atoms with Gasteiger partial charge in [0.15, 0.2) is 5.69 Å². The predicted molar refractivity (Wildman–Crippen MR) is 154 cm³/mol. The van der Waals surface area contributed by atoms with Gasteiger partial charge in [-0.1, -0.05) is 6.07 Å². The third-order valence-electron chi connectivity index (χ3n) is 5.83. The number of rotatable bonds is 11. The number of aromatic nitrogens is 5. The molecule has 4 aromatic rings. The van der Waals surface area contributed by atoms with Crippen LogP contribution in [0.25, 0.3) is 11.3 Å². The van der Waals surface area contributed by atoms with E-state index in [1.807, 2.05) is 0 Å². The van der Waals surface area contributed by atoms with Gasteiger partial charge in [-0.3, -0.25) is 14.0 Å². The van der Waals surface area contributed by atoms with Crippen LogP contribution in [0.1, 0.15) is 28.0 Å². The van der Waals surface area contributed by atoms with Crippen LogP contribution in [-0.4, -0.2) is 59.2 Å². The highest BCUT2D eigenvalue weighted by molar-refractivity contribution is 9.10. The van der Waals surface area contributed by atoms with Crippen LogP contribution in [0.15, 0.2) is 53.4 Å². The van der Waals surface area contributed by atoms with Gasteiger partial charge in [-0.05, 0) is 52.2 Å². The minimum absolute atomic E-state index is 0.0161. The summed E-state index contributed by atoms with van der Waals surface area (Å²) < 4.78 is 55.0. The molecular weight excluding hydrogens is 660 g/mol. The summed E-state index contributed by atoms with van der Waals surface area (Å²) in [4.78, 5) is 43.2. The van der Waals surface area contributed by atoms with E-state index in [1.165, 1.54) is 43.6 Å². The molecule has 1 amide bonds. The van der Waals surface area contributed by atoms with Gasteiger partial charge in [0.2, 0.25) is 5.95 Å². The molecule has 0 bridgehead atoms. The second-order valence-corrected chi connectivity index (χ2v) is 11.6. The summed E-state index contributed by atoms with van der Waals surface area (Å²) in [6, 6.07) is 7.25. The number of aliphatic hydroxyl groups excluding tert-OH is 1. The van der Waals surface area contributed by atoms with E-state index in [0.29, 0.717) is 46.1 Å². The number of nitrogens with one attached hydrogen (secondary N) is 3. The minimum Gasteiger partial charge on any atom is -0.396 e. The number of nitrogens with zero attached hydrogens (tertiary/aromatic N) is 5. The molecule has 6 N–H and O–H groups in total. The van der Waals surface area contributed by atoms with Crippen molar-refractivity contribution >= 4 is 52.6 Å². The number of carbonyl (C=O) groups excluding carboxylic acids is 1. The Labute approximate surface area is 250 Å². The molecule has 0 aliphatic rings. The number of carbonyl (C=O) groups is 1. The summed E-state index contributed by atoms with van der Waals surface area (Å²) in [5.41, 5.74) is 0.0744. The number of hydrogen-bond acceptors (Lipinski definition) is 9. The van der Waals surface area contributed by atoms with Crippen LogP contribution < -0.4 is 16.0 Å². The summed E-state index contributed by atoms with van der Waals surface area (Å²) in [7, 11) is -2.96. The Hall–Kier alpha value is -3.89. The van der Waals surface area contributed by atoms with Crippen molar-refractivity contribution in [3.8, 4) is 11.3 Å². The number of benzene rings is 1. The molecule has 0 saturated heterocycles. The van der Waals surface area contributed by atoms with Crippen molar-refractivity contribution in [1.29, 1.82) is 0 Å². The first-order valence-electron chi connectivity index (χ1n) is 12.5. The van der Waals surface area contributed by atoms with Gasteiger partial charge in [0, 0.05) is 42.6 Å². The Kier molecular flexibility index (Phi) is 9.82. The van der Waals surface area contributed by atoms with Gasteiger partial charge in [-0.2, -0.15) is 23.3 Å². The first-order valence-corrected chi connectivity index (χ1v) is 15.0. The van der Waals surface area contributed by atoms with E-state index in [-0.39, 0.29) is 23.9 Å². The third-order valence-corrected chi connectivity index (χ3v) is 7.26. The second-order valence-electron chi connectivity index (χ2n) is 9.08. The molecule has 0 radical (unpaired) electrons. The van der Waals surface area contributed by atoms with Gasteiger partial charge in [0.1, 0.15) is 11.4 Å². The van der Waals surface area contributed by atoms with Gasteiger partial charge in [-0.15, -0.1) is 0 Å². The second kappa shape index (κ2) is 13.2. The van der Waals surface area contributed by atoms with Crippen molar-refractivity contribution < 1.29 is 37.4 Å². The normalized spacial score (nSPS) is 11.8. The molecule has 0 aliphatic heterocycles. The Morgan fingerprint density at radius 1 is 1.09 bits per heavy atom. The topological polar surface area (TPSA) is 187 Å². The van der Waals surface area contributed by atoms with E-state index < -0.39 is 37.2 Å². The van der Waals surface area contributed by atoms with Crippen LogP contribution in [0.3, 0.4) is 0 Å². The zero-order valence-electron chi connectivity index (χ0n) is 22.3. The molecule has 3 aromatic heterocycles.